The van der Waals surface area contributed by atoms with Gasteiger partial charge in [0, 0.05) is 11.8 Å². The van der Waals surface area contributed by atoms with Crippen LogP contribution < -0.4 is 0 Å². The predicted octanol–water partition coefficient (Wildman–Crippen LogP) is 3.43. The highest BCUT2D eigenvalue weighted by Gasteiger charge is 2.50. The first-order valence-electron chi connectivity index (χ1n) is 7.78. The van der Waals surface area contributed by atoms with Crippen LogP contribution in [0.25, 0.3) is 0 Å². The van der Waals surface area contributed by atoms with Crippen molar-refractivity contribution in [2.75, 3.05) is 0 Å². The number of rotatable bonds is 3. The fourth-order valence-electron chi connectivity index (χ4n) is 5.45. The summed E-state index contributed by atoms with van der Waals surface area (Å²) >= 11 is 1.70. The van der Waals surface area contributed by atoms with Crippen LogP contribution in [0.2, 0.25) is 0 Å². The molecule has 0 aliphatic heterocycles. The van der Waals surface area contributed by atoms with Crippen molar-refractivity contribution in [2.24, 2.45) is 29.6 Å². The van der Waals surface area contributed by atoms with Gasteiger partial charge in [-0.2, -0.15) is 0 Å². The summed E-state index contributed by atoms with van der Waals surface area (Å²) in [4.78, 5) is 4.52. The van der Waals surface area contributed by atoms with Crippen molar-refractivity contribution in [1.82, 2.24) is 4.98 Å². The lowest BCUT2D eigenvalue weighted by atomic mass is 9.50. The average molecular weight is 277 g/mol. The van der Waals surface area contributed by atoms with Crippen LogP contribution in [0.4, 0.5) is 0 Å². The van der Waals surface area contributed by atoms with Gasteiger partial charge in [-0.05, 0) is 68.6 Å². The molecule has 0 radical (unpaired) electrons. The minimum Gasteiger partial charge on any atom is -0.392 e. The largest absolute Gasteiger partial charge is 0.392 e. The summed E-state index contributed by atoms with van der Waals surface area (Å²) in [5.41, 5.74) is 1.10. The maximum Gasteiger partial charge on any atom is 0.0897 e. The Labute approximate surface area is 119 Å². The number of aryl methyl sites for hydroxylation is 1. The molecule has 0 spiro atoms. The first-order valence-corrected chi connectivity index (χ1v) is 8.66. The van der Waals surface area contributed by atoms with Gasteiger partial charge in [0.1, 0.15) is 0 Å². The van der Waals surface area contributed by atoms with E-state index in [4.69, 9.17) is 0 Å². The van der Waals surface area contributed by atoms with Gasteiger partial charge in [0.05, 0.1) is 16.8 Å². The summed E-state index contributed by atoms with van der Waals surface area (Å²) in [7, 11) is 0. The van der Waals surface area contributed by atoms with E-state index in [2.05, 4.69) is 10.4 Å². The minimum absolute atomic E-state index is 0.156. The number of thiazole rings is 1. The van der Waals surface area contributed by atoms with Crippen LogP contribution in [0.1, 0.15) is 42.8 Å². The van der Waals surface area contributed by atoms with E-state index in [-0.39, 0.29) is 6.10 Å². The second-order valence-electron chi connectivity index (χ2n) is 7.14. The Hall–Kier alpha value is -0.410. The zero-order chi connectivity index (χ0) is 13.0. The maximum atomic E-state index is 10.7. The zero-order valence-corrected chi connectivity index (χ0v) is 12.4. The molecule has 1 N–H and O–H groups in total. The monoisotopic (exact) mass is 277 g/mol. The van der Waals surface area contributed by atoms with E-state index in [0.717, 1.165) is 40.8 Å². The van der Waals surface area contributed by atoms with Gasteiger partial charge < -0.3 is 5.11 Å². The third-order valence-electron chi connectivity index (χ3n) is 5.83. The minimum atomic E-state index is -0.156. The summed E-state index contributed by atoms with van der Waals surface area (Å²) in [5, 5.41) is 13.9. The van der Waals surface area contributed by atoms with E-state index in [1.54, 1.807) is 11.3 Å². The molecular weight excluding hydrogens is 254 g/mol. The number of aliphatic hydroxyl groups excluding tert-OH is 1. The second kappa shape index (κ2) is 4.56. The van der Waals surface area contributed by atoms with Crippen LogP contribution >= 0.6 is 11.3 Å². The van der Waals surface area contributed by atoms with Crippen LogP contribution in [0, 0.1) is 36.5 Å². The first-order chi connectivity index (χ1) is 9.19. The van der Waals surface area contributed by atoms with Gasteiger partial charge >= 0.3 is 0 Å². The number of hydrogen-bond donors (Lipinski definition) is 1. The second-order valence-corrected chi connectivity index (χ2v) is 8.20. The molecule has 1 unspecified atom stereocenters. The molecule has 19 heavy (non-hydrogen) atoms. The lowest BCUT2D eigenvalue weighted by molar-refractivity contribution is -0.0889. The van der Waals surface area contributed by atoms with E-state index in [0.29, 0.717) is 5.92 Å². The highest BCUT2D eigenvalue weighted by molar-refractivity contribution is 7.09. The molecular formula is C16H23NOS. The lowest BCUT2D eigenvalue weighted by Gasteiger charge is -2.55. The molecule has 4 aliphatic carbocycles. The summed E-state index contributed by atoms with van der Waals surface area (Å²) < 4.78 is 0. The van der Waals surface area contributed by atoms with Gasteiger partial charge in [-0.25, -0.2) is 4.98 Å². The van der Waals surface area contributed by atoms with Crippen LogP contribution in [0.5, 0.6) is 0 Å². The van der Waals surface area contributed by atoms with Crippen molar-refractivity contribution >= 4 is 11.3 Å². The van der Waals surface area contributed by atoms with Crippen LogP contribution in [0.15, 0.2) is 5.38 Å². The lowest BCUT2D eigenvalue weighted by Crippen LogP contribution is -2.49. The Balaban J connectivity index is 1.49. The fourth-order valence-corrected chi connectivity index (χ4v) is 6.07. The quantitative estimate of drug-likeness (QED) is 0.918. The highest BCUT2D eigenvalue weighted by atomic mass is 32.1. The topological polar surface area (TPSA) is 33.1 Å². The Bertz CT molecular complexity index is 441. The van der Waals surface area contributed by atoms with Crippen molar-refractivity contribution in [3.05, 3.63) is 16.1 Å². The van der Waals surface area contributed by atoms with Crippen LogP contribution in [-0.4, -0.2) is 16.2 Å². The van der Waals surface area contributed by atoms with Crippen LogP contribution in [0.3, 0.4) is 0 Å². The van der Waals surface area contributed by atoms with Gasteiger partial charge in [-0.1, -0.05) is 0 Å². The molecule has 4 aliphatic rings. The Kier molecular flexibility index (Phi) is 2.96. The molecule has 3 heteroatoms. The number of aliphatic hydroxyl groups is 1. The van der Waals surface area contributed by atoms with Gasteiger partial charge in [-0.3, -0.25) is 0 Å². The van der Waals surface area contributed by atoms with Crippen molar-refractivity contribution in [2.45, 2.75) is 51.6 Å². The average Bonchev–Trinajstić information content (AvgIpc) is 2.73. The molecule has 4 bridgehead atoms. The standard InChI is InChI=1S/C16H23NOS/c1-9-17-14(8-19-9)7-15(18)16-12-3-10-2-11(5-12)6-13(16)4-10/h8,10-13,15-16,18H,2-7H2,1H3. The van der Waals surface area contributed by atoms with E-state index in [1.807, 2.05) is 6.92 Å². The Morgan fingerprint density at radius 3 is 2.37 bits per heavy atom. The predicted molar refractivity (Wildman–Crippen MR) is 77.1 cm³/mol. The van der Waals surface area contributed by atoms with Crippen molar-refractivity contribution in [3.8, 4) is 0 Å². The van der Waals surface area contributed by atoms with Crippen molar-refractivity contribution in [3.63, 3.8) is 0 Å². The van der Waals surface area contributed by atoms with Crippen molar-refractivity contribution < 1.29 is 5.11 Å². The number of aromatic nitrogens is 1. The summed E-state index contributed by atoms with van der Waals surface area (Å²) in [5.74, 6) is 4.17. The molecule has 4 fully saturated rings. The molecule has 5 rings (SSSR count). The van der Waals surface area contributed by atoms with E-state index < -0.39 is 0 Å². The fraction of sp³-hybridized carbons (Fsp3) is 0.812. The third-order valence-corrected chi connectivity index (χ3v) is 6.65. The molecule has 2 nitrogen and oxygen atoms in total. The zero-order valence-electron chi connectivity index (χ0n) is 11.6. The molecule has 1 heterocycles. The molecule has 4 saturated carbocycles. The van der Waals surface area contributed by atoms with Gasteiger partial charge in [-0.15, -0.1) is 11.3 Å². The van der Waals surface area contributed by atoms with E-state index in [1.165, 1.54) is 32.1 Å². The normalized spacial score (nSPS) is 41.7. The maximum absolute atomic E-state index is 10.7. The Morgan fingerprint density at radius 1 is 1.21 bits per heavy atom. The van der Waals surface area contributed by atoms with Crippen molar-refractivity contribution in [1.29, 1.82) is 0 Å². The molecule has 0 aromatic carbocycles. The first kappa shape index (κ1) is 12.3. The summed E-state index contributed by atoms with van der Waals surface area (Å²) in [6.07, 6.45) is 7.68. The van der Waals surface area contributed by atoms with Gasteiger partial charge in [0.15, 0.2) is 0 Å². The molecule has 104 valence electrons. The molecule has 1 atom stereocenters. The van der Waals surface area contributed by atoms with Gasteiger partial charge in [0.2, 0.25) is 0 Å². The molecule has 0 amide bonds. The highest BCUT2D eigenvalue weighted by Crippen LogP contribution is 2.57. The molecule has 1 aromatic heterocycles. The molecule has 0 saturated heterocycles. The summed E-state index contributed by atoms with van der Waals surface area (Å²) in [6.45, 7) is 2.05. The third kappa shape index (κ3) is 2.15. The number of nitrogens with zero attached hydrogens (tertiary/aromatic N) is 1. The van der Waals surface area contributed by atoms with Gasteiger partial charge in [0.25, 0.3) is 0 Å². The smallest absolute Gasteiger partial charge is 0.0897 e. The molecule has 1 aromatic rings. The van der Waals surface area contributed by atoms with E-state index >= 15 is 0 Å². The van der Waals surface area contributed by atoms with E-state index in [9.17, 15) is 5.11 Å². The Morgan fingerprint density at radius 2 is 1.84 bits per heavy atom. The van der Waals surface area contributed by atoms with Crippen LogP contribution in [-0.2, 0) is 6.42 Å². The SMILES string of the molecule is Cc1nc(CC(O)C2C3CC4CC(C3)CC2C4)cs1. The summed E-state index contributed by atoms with van der Waals surface area (Å²) in [6, 6.07) is 0. The number of hydrogen-bond acceptors (Lipinski definition) is 3.